The van der Waals surface area contributed by atoms with Crippen molar-refractivity contribution < 1.29 is 14.6 Å². The Morgan fingerprint density at radius 1 is 1.38 bits per heavy atom. The van der Waals surface area contributed by atoms with Crippen molar-refractivity contribution in [2.75, 3.05) is 26.2 Å². The van der Waals surface area contributed by atoms with E-state index in [9.17, 15) is 0 Å². The third kappa shape index (κ3) is 6.67. The number of carbonyl (C=O) groups is 1. The SMILES string of the molecule is N[C@H]1CCCN(CCc2ccc(OCC3CC3)c(Cl)c2)C1.O=CO. The molecule has 2 aliphatic rings. The first kappa shape index (κ1) is 19.0. The van der Waals surface area contributed by atoms with E-state index in [-0.39, 0.29) is 6.47 Å². The first-order chi connectivity index (χ1) is 11.6. The molecule has 1 atom stereocenters. The van der Waals surface area contributed by atoms with E-state index in [4.69, 9.17) is 32.0 Å². The number of ether oxygens (including phenoxy) is 1. The molecule has 1 aliphatic carbocycles. The number of rotatable bonds is 6. The molecule has 24 heavy (non-hydrogen) atoms. The molecular weight excluding hydrogens is 328 g/mol. The number of hydrogen-bond donors (Lipinski definition) is 2. The molecule has 0 radical (unpaired) electrons. The first-order valence-corrected chi connectivity index (χ1v) is 8.97. The second-order valence-electron chi connectivity index (χ2n) is 6.58. The summed E-state index contributed by atoms with van der Waals surface area (Å²) in [6.07, 6.45) is 6.00. The monoisotopic (exact) mass is 354 g/mol. The molecule has 1 saturated carbocycles. The van der Waals surface area contributed by atoms with E-state index in [0.717, 1.165) is 49.2 Å². The van der Waals surface area contributed by atoms with Crippen LogP contribution in [0.3, 0.4) is 0 Å². The van der Waals surface area contributed by atoms with Crippen molar-refractivity contribution >= 4 is 18.1 Å². The zero-order chi connectivity index (χ0) is 17.4. The fourth-order valence-electron chi connectivity index (χ4n) is 2.89. The van der Waals surface area contributed by atoms with Gasteiger partial charge in [-0.3, -0.25) is 4.79 Å². The minimum atomic E-state index is -0.250. The van der Waals surface area contributed by atoms with Crippen molar-refractivity contribution in [1.29, 1.82) is 0 Å². The summed E-state index contributed by atoms with van der Waals surface area (Å²) in [4.78, 5) is 10.8. The molecule has 1 aromatic carbocycles. The molecule has 1 saturated heterocycles. The summed E-state index contributed by atoms with van der Waals surface area (Å²) in [5, 5.41) is 7.63. The van der Waals surface area contributed by atoms with Crippen LogP contribution in [-0.4, -0.2) is 48.8 Å². The molecule has 2 fully saturated rings. The van der Waals surface area contributed by atoms with Crippen molar-refractivity contribution in [1.82, 2.24) is 4.90 Å². The Bertz CT molecular complexity index is 523. The molecule has 6 heteroatoms. The van der Waals surface area contributed by atoms with Crippen LogP contribution in [0.1, 0.15) is 31.2 Å². The molecule has 1 heterocycles. The predicted molar refractivity (Wildman–Crippen MR) is 95.7 cm³/mol. The predicted octanol–water partition coefficient (Wildman–Crippen LogP) is 2.80. The first-order valence-electron chi connectivity index (χ1n) is 8.59. The summed E-state index contributed by atoms with van der Waals surface area (Å²) >= 11 is 6.32. The normalized spacial score (nSPS) is 20.8. The second-order valence-corrected chi connectivity index (χ2v) is 6.98. The maximum atomic E-state index is 8.36. The minimum Gasteiger partial charge on any atom is -0.492 e. The Morgan fingerprint density at radius 3 is 2.75 bits per heavy atom. The molecule has 0 bridgehead atoms. The highest BCUT2D eigenvalue weighted by Crippen LogP contribution is 2.32. The van der Waals surface area contributed by atoms with E-state index in [0.29, 0.717) is 6.04 Å². The van der Waals surface area contributed by atoms with Crippen molar-refractivity contribution in [2.24, 2.45) is 11.7 Å². The highest BCUT2D eigenvalue weighted by atomic mass is 35.5. The van der Waals surface area contributed by atoms with Gasteiger partial charge in [0.1, 0.15) is 5.75 Å². The standard InChI is InChI=1S/C17H25ClN2O.CH2O2/c18-16-10-13(5-6-17(16)21-12-14-3-4-14)7-9-20-8-1-2-15(19)11-20;2-1-3/h5-6,10,14-15H,1-4,7-9,11-12,19H2;1H,(H,2,3)/t15-;/m0./s1. The third-order valence-corrected chi connectivity index (χ3v) is 4.72. The molecule has 5 nitrogen and oxygen atoms in total. The molecule has 0 spiro atoms. The average Bonchev–Trinajstić information content (AvgIpc) is 3.37. The van der Waals surface area contributed by atoms with Crippen molar-refractivity contribution in [3.05, 3.63) is 28.8 Å². The summed E-state index contributed by atoms with van der Waals surface area (Å²) in [5.41, 5.74) is 7.30. The van der Waals surface area contributed by atoms with Crippen LogP contribution in [0.15, 0.2) is 18.2 Å². The van der Waals surface area contributed by atoms with Gasteiger partial charge in [-0.25, -0.2) is 0 Å². The molecule has 3 rings (SSSR count). The quantitative estimate of drug-likeness (QED) is 0.768. The van der Waals surface area contributed by atoms with Gasteiger partial charge >= 0.3 is 0 Å². The Hall–Kier alpha value is -1.30. The summed E-state index contributed by atoms with van der Waals surface area (Å²) in [7, 11) is 0. The van der Waals surface area contributed by atoms with Gasteiger partial charge in [0.25, 0.3) is 6.47 Å². The Labute approximate surface area is 148 Å². The van der Waals surface area contributed by atoms with Gasteiger partial charge in [-0.05, 0) is 62.3 Å². The Kier molecular flexibility index (Phi) is 7.82. The van der Waals surface area contributed by atoms with Gasteiger partial charge in [-0.1, -0.05) is 17.7 Å². The lowest BCUT2D eigenvalue weighted by molar-refractivity contribution is -0.122. The summed E-state index contributed by atoms with van der Waals surface area (Å²) in [5.74, 6) is 1.58. The van der Waals surface area contributed by atoms with Crippen molar-refractivity contribution in [3.63, 3.8) is 0 Å². The van der Waals surface area contributed by atoms with Crippen LogP contribution in [0.25, 0.3) is 0 Å². The fraction of sp³-hybridized carbons (Fsp3) is 0.611. The smallest absolute Gasteiger partial charge is 0.290 e. The fourth-order valence-corrected chi connectivity index (χ4v) is 3.15. The van der Waals surface area contributed by atoms with Crippen LogP contribution >= 0.6 is 11.6 Å². The number of halogens is 1. The lowest BCUT2D eigenvalue weighted by atomic mass is 10.1. The van der Waals surface area contributed by atoms with E-state index in [2.05, 4.69) is 11.0 Å². The lowest BCUT2D eigenvalue weighted by Gasteiger charge is -2.30. The van der Waals surface area contributed by atoms with Crippen molar-refractivity contribution in [2.45, 2.75) is 38.1 Å². The van der Waals surface area contributed by atoms with Crippen LogP contribution in [0, 0.1) is 5.92 Å². The summed E-state index contributed by atoms with van der Waals surface area (Å²) < 4.78 is 5.77. The number of carboxylic acid groups (broad SMARTS) is 1. The van der Waals surface area contributed by atoms with Gasteiger partial charge in [0, 0.05) is 19.1 Å². The maximum Gasteiger partial charge on any atom is 0.290 e. The van der Waals surface area contributed by atoms with Gasteiger partial charge in [-0.2, -0.15) is 0 Å². The van der Waals surface area contributed by atoms with Crippen LogP contribution in [0.2, 0.25) is 5.02 Å². The largest absolute Gasteiger partial charge is 0.492 e. The summed E-state index contributed by atoms with van der Waals surface area (Å²) in [6, 6.07) is 6.55. The number of nitrogens with two attached hydrogens (primary N) is 1. The topological polar surface area (TPSA) is 75.8 Å². The highest BCUT2D eigenvalue weighted by Gasteiger charge is 2.22. The van der Waals surface area contributed by atoms with E-state index >= 15 is 0 Å². The number of nitrogens with zero attached hydrogens (tertiary/aromatic N) is 1. The van der Waals surface area contributed by atoms with Crippen LogP contribution in [-0.2, 0) is 11.2 Å². The third-order valence-electron chi connectivity index (χ3n) is 4.43. The van der Waals surface area contributed by atoms with Gasteiger partial charge in [0.15, 0.2) is 0 Å². The number of piperidine rings is 1. The van der Waals surface area contributed by atoms with Gasteiger partial charge < -0.3 is 20.5 Å². The number of benzene rings is 1. The maximum absolute atomic E-state index is 8.36. The zero-order valence-electron chi connectivity index (χ0n) is 14.0. The van der Waals surface area contributed by atoms with Gasteiger partial charge in [-0.15, -0.1) is 0 Å². The number of hydrogen-bond acceptors (Lipinski definition) is 4. The minimum absolute atomic E-state index is 0.250. The molecule has 3 N–H and O–H groups in total. The van der Waals surface area contributed by atoms with Gasteiger partial charge in [0.05, 0.1) is 11.6 Å². The molecular formula is C18H27ClN2O3. The highest BCUT2D eigenvalue weighted by molar-refractivity contribution is 6.32. The average molecular weight is 355 g/mol. The van der Waals surface area contributed by atoms with E-state index in [1.54, 1.807) is 0 Å². The van der Waals surface area contributed by atoms with Crippen LogP contribution in [0.4, 0.5) is 0 Å². The molecule has 0 aromatic heterocycles. The molecule has 134 valence electrons. The zero-order valence-corrected chi connectivity index (χ0v) is 14.8. The molecule has 1 aliphatic heterocycles. The second kappa shape index (κ2) is 9.87. The van der Waals surface area contributed by atoms with E-state index < -0.39 is 0 Å². The van der Waals surface area contributed by atoms with E-state index in [1.165, 1.54) is 31.4 Å². The number of likely N-dealkylation sites (tertiary alicyclic amines) is 1. The van der Waals surface area contributed by atoms with E-state index in [1.807, 2.05) is 12.1 Å². The van der Waals surface area contributed by atoms with Crippen molar-refractivity contribution in [3.8, 4) is 5.75 Å². The lowest BCUT2D eigenvalue weighted by Crippen LogP contribution is -2.43. The van der Waals surface area contributed by atoms with Crippen LogP contribution in [0.5, 0.6) is 5.75 Å². The van der Waals surface area contributed by atoms with Gasteiger partial charge in [0.2, 0.25) is 0 Å². The molecule has 1 aromatic rings. The Morgan fingerprint density at radius 2 is 2.12 bits per heavy atom. The van der Waals surface area contributed by atoms with Crippen LogP contribution < -0.4 is 10.5 Å². The Balaban J connectivity index is 0.000000647. The molecule has 0 unspecified atom stereocenters. The molecule has 0 amide bonds. The summed E-state index contributed by atoms with van der Waals surface area (Å²) in [6.45, 7) is 3.82.